The second-order valence-corrected chi connectivity index (χ2v) is 6.57. The topological polar surface area (TPSA) is 51.7 Å². The second kappa shape index (κ2) is 7.21. The van der Waals surface area contributed by atoms with Gasteiger partial charge in [-0.05, 0) is 47.0 Å². The van der Waals surface area contributed by atoms with Crippen molar-refractivity contribution in [3.63, 3.8) is 0 Å². The first-order valence-electron chi connectivity index (χ1n) is 7.77. The van der Waals surface area contributed by atoms with Gasteiger partial charge >= 0.3 is 0 Å². The minimum Gasteiger partial charge on any atom is -0.497 e. The number of benzene rings is 1. The van der Waals surface area contributed by atoms with Crippen molar-refractivity contribution in [1.82, 2.24) is 9.88 Å². The normalized spacial score (nSPS) is 17.0. The average Bonchev–Trinajstić information content (AvgIpc) is 3.09. The summed E-state index contributed by atoms with van der Waals surface area (Å²) in [6.45, 7) is 0.727. The molecule has 1 amide bonds. The maximum Gasteiger partial charge on any atom is 0.255 e. The van der Waals surface area contributed by atoms with Gasteiger partial charge in [0.15, 0.2) is 0 Å². The number of amides is 1. The Morgan fingerprint density at radius 3 is 2.79 bits per heavy atom. The van der Waals surface area contributed by atoms with Crippen LogP contribution in [0, 0.1) is 0 Å². The number of nitrogens with zero attached hydrogens (tertiary/aromatic N) is 2. The zero-order chi connectivity index (χ0) is 17.1. The van der Waals surface area contributed by atoms with Gasteiger partial charge in [0, 0.05) is 35.0 Å². The first-order chi connectivity index (χ1) is 11.6. The van der Waals surface area contributed by atoms with E-state index in [0.717, 1.165) is 40.9 Å². The molecule has 126 valence electrons. The van der Waals surface area contributed by atoms with E-state index in [1.165, 1.54) is 0 Å². The minimum absolute atomic E-state index is 0.00247. The molecule has 0 saturated carbocycles. The molecular weight excluding hydrogens is 372 g/mol. The van der Waals surface area contributed by atoms with Crippen molar-refractivity contribution in [1.29, 1.82) is 0 Å². The summed E-state index contributed by atoms with van der Waals surface area (Å²) in [5.74, 6) is 1.47. The Morgan fingerprint density at radius 2 is 2.08 bits per heavy atom. The quantitative estimate of drug-likeness (QED) is 0.795. The van der Waals surface area contributed by atoms with Crippen LogP contribution in [0.3, 0.4) is 0 Å². The molecule has 0 unspecified atom stereocenters. The highest BCUT2D eigenvalue weighted by Gasteiger charge is 2.32. The number of likely N-dealkylation sites (tertiary alicyclic amines) is 1. The van der Waals surface area contributed by atoms with Crippen molar-refractivity contribution in [3.8, 4) is 11.5 Å². The summed E-state index contributed by atoms with van der Waals surface area (Å²) in [4.78, 5) is 18.9. The predicted octanol–water partition coefficient (Wildman–Crippen LogP) is 3.84. The van der Waals surface area contributed by atoms with Crippen LogP contribution >= 0.6 is 15.9 Å². The highest BCUT2D eigenvalue weighted by molar-refractivity contribution is 9.10. The molecular formula is C18H19BrN2O3. The van der Waals surface area contributed by atoms with Crippen molar-refractivity contribution in [2.45, 2.75) is 18.9 Å². The van der Waals surface area contributed by atoms with E-state index in [1.54, 1.807) is 32.7 Å². The van der Waals surface area contributed by atoms with Crippen molar-refractivity contribution < 1.29 is 14.3 Å². The third kappa shape index (κ3) is 3.24. The first-order valence-corrected chi connectivity index (χ1v) is 8.56. The Bertz CT molecular complexity index is 751. The fourth-order valence-electron chi connectivity index (χ4n) is 3.12. The molecule has 1 fully saturated rings. The lowest BCUT2D eigenvalue weighted by Gasteiger charge is -2.26. The molecule has 6 heteroatoms. The van der Waals surface area contributed by atoms with Gasteiger partial charge in [-0.25, -0.2) is 0 Å². The number of halogens is 1. The van der Waals surface area contributed by atoms with Crippen LogP contribution in [0.1, 0.15) is 34.8 Å². The lowest BCUT2D eigenvalue weighted by Crippen LogP contribution is -2.30. The number of carbonyl (C=O) groups is 1. The van der Waals surface area contributed by atoms with E-state index >= 15 is 0 Å². The molecule has 0 aliphatic carbocycles. The zero-order valence-corrected chi connectivity index (χ0v) is 15.2. The Balaban J connectivity index is 1.92. The van der Waals surface area contributed by atoms with Crippen LogP contribution in [-0.2, 0) is 0 Å². The van der Waals surface area contributed by atoms with Crippen LogP contribution in [0.15, 0.2) is 41.1 Å². The van der Waals surface area contributed by atoms with Gasteiger partial charge < -0.3 is 14.4 Å². The van der Waals surface area contributed by atoms with E-state index in [0.29, 0.717) is 5.56 Å². The Kier molecular flexibility index (Phi) is 5.04. The van der Waals surface area contributed by atoms with Gasteiger partial charge in [-0.3, -0.25) is 9.78 Å². The Hall–Kier alpha value is -2.08. The van der Waals surface area contributed by atoms with Gasteiger partial charge in [-0.15, -0.1) is 0 Å². The second-order valence-electron chi connectivity index (χ2n) is 5.66. The summed E-state index contributed by atoms with van der Waals surface area (Å²) >= 11 is 3.37. The van der Waals surface area contributed by atoms with Crippen molar-refractivity contribution in [2.75, 3.05) is 20.8 Å². The van der Waals surface area contributed by atoms with Gasteiger partial charge in [0.05, 0.1) is 25.8 Å². The summed E-state index contributed by atoms with van der Waals surface area (Å²) in [5, 5.41) is 0. The van der Waals surface area contributed by atoms with Crippen molar-refractivity contribution >= 4 is 21.8 Å². The number of rotatable bonds is 4. The Labute approximate surface area is 149 Å². The molecule has 0 radical (unpaired) electrons. The molecule has 2 heterocycles. The number of ether oxygens (including phenoxy) is 2. The van der Waals surface area contributed by atoms with E-state index in [1.807, 2.05) is 23.1 Å². The molecule has 0 spiro atoms. The number of pyridine rings is 1. The number of carbonyl (C=O) groups excluding carboxylic acids is 1. The molecule has 1 aromatic carbocycles. The van der Waals surface area contributed by atoms with Crippen LogP contribution < -0.4 is 9.47 Å². The van der Waals surface area contributed by atoms with E-state index in [-0.39, 0.29) is 11.9 Å². The van der Waals surface area contributed by atoms with Crippen molar-refractivity contribution in [2.24, 2.45) is 0 Å². The van der Waals surface area contributed by atoms with E-state index in [9.17, 15) is 4.79 Å². The fourth-order valence-corrected chi connectivity index (χ4v) is 3.49. The van der Waals surface area contributed by atoms with Crippen LogP contribution in [0.25, 0.3) is 0 Å². The number of hydrogen-bond donors (Lipinski definition) is 0. The van der Waals surface area contributed by atoms with E-state index in [2.05, 4.69) is 20.9 Å². The smallest absolute Gasteiger partial charge is 0.255 e. The summed E-state index contributed by atoms with van der Waals surface area (Å²) < 4.78 is 11.6. The largest absolute Gasteiger partial charge is 0.497 e. The SMILES string of the molecule is COc1ccc([C@H]2CCCN2C(=O)c2cncc(Br)c2)c(OC)c1. The van der Waals surface area contributed by atoms with Gasteiger partial charge in [0.25, 0.3) is 5.91 Å². The first kappa shape index (κ1) is 16.8. The lowest BCUT2D eigenvalue weighted by molar-refractivity contribution is 0.0733. The molecule has 1 aliphatic heterocycles. The van der Waals surface area contributed by atoms with E-state index < -0.39 is 0 Å². The standard InChI is InChI=1S/C18H19BrN2O3/c1-23-14-5-6-15(17(9-14)24-2)16-4-3-7-21(16)18(22)12-8-13(19)11-20-10-12/h5-6,8-11,16H,3-4,7H2,1-2H3/t16-/m1/s1. The average molecular weight is 391 g/mol. The van der Waals surface area contributed by atoms with Gasteiger partial charge in [0.2, 0.25) is 0 Å². The molecule has 24 heavy (non-hydrogen) atoms. The third-order valence-electron chi connectivity index (χ3n) is 4.27. The van der Waals surface area contributed by atoms with Gasteiger partial charge in [-0.1, -0.05) is 0 Å². The highest BCUT2D eigenvalue weighted by atomic mass is 79.9. The molecule has 1 atom stereocenters. The summed E-state index contributed by atoms with van der Waals surface area (Å²) in [6.07, 6.45) is 5.15. The highest BCUT2D eigenvalue weighted by Crippen LogP contribution is 2.39. The molecule has 2 aromatic rings. The molecule has 1 aromatic heterocycles. The van der Waals surface area contributed by atoms with Crippen LogP contribution in [0.5, 0.6) is 11.5 Å². The Morgan fingerprint density at radius 1 is 1.25 bits per heavy atom. The summed E-state index contributed by atoms with van der Waals surface area (Å²) in [6, 6.07) is 7.54. The number of methoxy groups -OCH3 is 2. The lowest BCUT2D eigenvalue weighted by atomic mass is 10.0. The molecule has 1 saturated heterocycles. The van der Waals surface area contributed by atoms with Crippen LogP contribution in [0.2, 0.25) is 0 Å². The molecule has 0 N–H and O–H groups in total. The molecule has 5 nitrogen and oxygen atoms in total. The maximum atomic E-state index is 12.9. The minimum atomic E-state index is -0.0100. The van der Waals surface area contributed by atoms with Gasteiger partial charge in [-0.2, -0.15) is 0 Å². The fraction of sp³-hybridized carbons (Fsp3) is 0.333. The maximum absolute atomic E-state index is 12.9. The van der Waals surface area contributed by atoms with Crippen molar-refractivity contribution in [3.05, 3.63) is 52.3 Å². The van der Waals surface area contributed by atoms with Crippen LogP contribution in [-0.4, -0.2) is 36.6 Å². The number of aromatic nitrogens is 1. The molecule has 3 rings (SSSR count). The third-order valence-corrected chi connectivity index (χ3v) is 4.70. The number of hydrogen-bond acceptors (Lipinski definition) is 4. The monoisotopic (exact) mass is 390 g/mol. The summed E-state index contributed by atoms with van der Waals surface area (Å²) in [5.41, 5.74) is 1.59. The molecule has 0 bridgehead atoms. The predicted molar refractivity (Wildman–Crippen MR) is 94.5 cm³/mol. The van der Waals surface area contributed by atoms with E-state index in [4.69, 9.17) is 9.47 Å². The summed E-state index contributed by atoms with van der Waals surface area (Å²) in [7, 11) is 3.26. The van der Waals surface area contributed by atoms with Crippen LogP contribution in [0.4, 0.5) is 0 Å². The molecule has 1 aliphatic rings. The zero-order valence-electron chi connectivity index (χ0n) is 13.7. The van der Waals surface area contributed by atoms with Gasteiger partial charge in [0.1, 0.15) is 11.5 Å².